The number of phenols is 1. The first-order valence-electron chi connectivity index (χ1n) is 12.9. The molecule has 7 nitrogen and oxygen atoms in total. The highest BCUT2D eigenvalue weighted by Crippen LogP contribution is 2.44. The second-order valence-electron chi connectivity index (χ2n) is 10.5. The lowest BCUT2D eigenvalue weighted by Gasteiger charge is -2.39. The molecule has 2 aromatic heterocycles. The van der Waals surface area contributed by atoms with Crippen LogP contribution in [0.4, 0.5) is 10.2 Å². The van der Waals surface area contributed by atoms with Crippen LogP contribution in [0.5, 0.6) is 5.75 Å². The molecule has 1 unspecified atom stereocenters. The Bertz CT molecular complexity index is 1610. The maximum atomic E-state index is 15.0. The SMILES string of the molecule is Cc1cccc(C2CC2)c1-n1c(=O)nc(N2CCN(C)CC2C)c2cc(Cl)c(-c3c(O)cccc3F)nc21. The van der Waals surface area contributed by atoms with Gasteiger partial charge in [0, 0.05) is 25.7 Å². The predicted octanol–water partition coefficient (Wildman–Crippen LogP) is 5.27. The van der Waals surface area contributed by atoms with E-state index in [1.807, 2.05) is 25.1 Å². The summed E-state index contributed by atoms with van der Waals surface area (Å²) in [6.45, 7) is 6.40. The highest BCUT2D eigenvalue weighted by molar-refractivity contribution is 6.34. The zero-order valence-electron chi connectivity index (χ0n) is 21.6. The van der Waals surface area contributed by atoms with Gasteiger partial charge in [0.15, 0.2) is 5.65 Å². The number of hydrogen-bond donors (Lipinski definition) is 1. The molecule has 38 heavy (non-hydrogen) atoms. The molecule has 0 radical (unpaired) electrons. The van der Waals surface area contributed by atoms with E-state index in [4.69, 9.17) is 16.6 Å². The van der Waals surface area contributed by atoms with Gasteiger partial charge >= 0.3 is 5.69 Å². The van der Waals surface area contributed by atoms with Crippen LogP contribution in [0.15, 0.2) is 47.3 Å². The number of phenolic OH excluding ortho intramolecular Hbond substituents is 1. The minimum absolute atomic E-state index is 0.0769. The van der Waals surface area contributed by atoms with E-state index in [0.717, 1.165) is 42.7 Å². The first-order chi connectivity index (χ1) is 18.2. The molecule has 2 fully saturated rings. The fourth-order valence-corrected chi connectivity index (χ4v) is 5.86. The largest absolute Gasteiger partial charge is 0.507 e. The number of aromatic hydroxyl groups is 1. The molecule has 196 valence electrons. The van der Waals surface area contributed by atoms with Crippen molar-refractivity contribution in [3.8, 4) is 22.7 Å². The van der Waals surface area contributed by atoms with E-state index in [1.54, 1.807) is 10.6 Å². The molecular formula is C29H29ClFN5O2. The third kappa shape index (κ3) is 4.12. The number of hydrogen-bond acceptors (Lipinski definition) is 6. The summed E-state index contributed by atoms with van der Waals surface area (Å²) in [4.78, 5) is 27.7. The second-order valence-corrected chi connectivity index (χ2v) is 10.9. The summed E-state index contributed by atoms with van der Waals surface area (Å²) in [5.41, 5.74) is 2.62. The quantitative estimate of drug-likeness (QED) is 0.385. The Morgan fingerprint density at radius 2 is 1.87 bits per heavy atom. The van der Waals surface area contributed by atoms with E-state index in [-0.39, 0.29) is 28.1 Å². The van der Waals surface area contributed by atoms with Crippen LogP contribution >= 0.6 is 11.6 Å². The van der Waals surface area contributed by atoms with Gasteiger partial charge in [-0.05, 0) is 69.0 Å². The van der Waals surface area contributed by atoms with Crippen LogP contribution in [0, 0.1) is 12.7 Å². The number of para-hydroxylation sites is 1. The number of fused-ring (bicyclic) bond motifs is 1. The van der Waals surface area contributed by atoms with E-state index >= 15 is 0 Å². The van der Waals surface area contributed by atoms with Crippen molar-refractivity contribution < 1.29 is 9.50 Å². The fraction of sp³-hybridized carbons (Fsp3) is 0.345. The molecule has 1 saturated heterocycles. The van der Waals surface area contributed by atoms with Gasteiger partial charge in [0.25, 0.3) is 0 Å². The van der Waals surface area contributed by atoms with Gasteiger partial charge in [-0.1, -0.05) is 35.9 Å². The summed E-state index contributed by atoms with van der Waals surface area (Å²) >= 11 is 6.73. The van der Waals surface area contributed by atoms with Crippen LogP contribution < -0.4 is 10.6 Å². The van der Waals surface area contributed by atoms with Crippen LogP contribution in [-0.2, 0) is 0 Å². The van der Waals surface area contributed by atoms with E-state index in [9.17, 15) is 14.3 Å². The van der Waals surface area contributed by atoms with E-state index < -0.39 is 11.5 Å². The summed E-state index contributed by atoms with van der Waals surface area (Å²) in [5.74, 6) is -0.0398. The third-order valence-corrected chi connectivity index (χ3v) is 7.93. The van der Waals surface area contributed by atoms with Gasteiger partial charge in [-0.15, -0.1) is 0 Å². The Hall–Kier alpha value is -3.49. The van der Waals surface area contributed by atoms with Crippen LogP contribution in [0.1, 0.15) is 36.8 Å². The summed E-state index contributed by atoms with van der Waals surface area (Å²) in [5, 5.41) is 11.3. The molecule has 0 spiro atoms. The lowest BCUT2D eigenvalue weighted by molar-refractivity contribution is 0.275. The number of pyridine rings is 1. The van der Waals surface area contributed by atoms with Crippen molar-refractivity contribution >= 4 is 28.5 Å². The Kier molecular flexibility index (Phi) is 6.12. The summed E-state index contributed by atoms with van der Waals surface area (Å²) in [6.07, 6.45) is 2.11. The fourth-order valence-electron chi connectivity index (χ4n) is 5.61. The van der Waals surface area contributed by atoms with Crippen LogP contribution in [0.2, 0.25) is 5.02 Å². The zero-order valence-corrected chi connectivity index (χ0v) is 22.3. The Morgan fingerprint density at radius 1 is 1.11 bits per heavy atom. The first-order valence-corrected chi connectivity index (χ1v) is 13.3. The lowest BCUT2D eigenvalue weighted by Crippen LogP contribution is -2.51. The van der Waals surface area contributed by atoms with E-state index in [2.05, 4.69) is 28.8 Å². The van der Waals surface area contributed by atoms with E-state index in [0.29, 0.717) is 29.3 Å². The minimum Gasteiger partial charge on any atom is -0.507 e. The van der Waals surface area contributed by atoms with E-state index in [1.165, 1.54) is 18.2 Å². The molecule has 1 N–H and O–H groups in total. The van der Waals surface area contributed by atoms with Gasteiger partial charge in [-0.3, -0.25) is 0 Å². The highest BCUT2D eigenvalue weighted by Gasteiger charge is 2.31. The monoisotopic (exact) mass is 533 g/mol. The number of halogens is 2. The molecule has 4 aromatic rings. The molecule has 2 aromatic carbocycles. The van der Waals surface area contributed by atoms with Crippen molar-refractivity contribution in [1.82, 2.24) is 19.4 Å². The molecule has 1 aliphatic heterocycles. The highest BCUT2D eigenvalue weighted by atomic mass is 35.5. The van der Waals surface area contributed by atoms with Crippen molar-refractivity contribution in [2.45, 2.75) is 38.6 Å². The summed E-state index contributed by atoms with van der Waals surface area (Å²) in [7, 11) is 2.07. The molecule has 1 atom stereocenters. The number of likely N-dealkylation sites (N-methyl/N-ethyl adjacent to an activating group) is 1. The average Bonchev–Trinajstić information content (AvgIpc) is 3.70. The van der Waals surface area contributed by atoms with Crippen LogP contribution in [0.3, 0.4) is 0 Å². The molecule has 3 heterocycles. The molecule has 6 rings (SSSR count). The molecule has 1 aliphatic carbocycles. The Labute approximate surface area is 225 Å². The lowest BCUT2D eigenvalue weighted by atomic mass is 10.0. The molecule has 1 saturated carbocycles. The van der Waals surface area contributed by atoms with Gasteiger partial charge < -0.3 is 14.9 Å². The van der Waals surface area contributed by atoms with Crippen molar-refractivity contribution in [3.63, 3.8) is 0 Å². The number of benzene rings is 2. The van der Waals surface area contributed by atoms with Crippen molar-refractivity contribution in [3.05, 3.63) is 74.9 Å². The number of piperazine rings is 1. The normalized spacial score (nSPS) is 18.3. The van der Waals surface area contributed by atoms with Gasteiger partial charge in [0.1, 0.15) is 17.4 Å². The van der Waals surface area contributed by atoms with Crippen LogP contribution in [-0.4, -0.2) is 57.3 Å². The molecule has 9 heteroatoms. The number of anilines is 1. The average molecular weight is 534 g/mol. The van der Waals surface area contributed by atoms with Gasteiger partial charge in [0.05, 0.1) is 27.4 Å². The molecular weight excluding hydrogens is 505 g/mol. The van der Waals surface area contributed by atoms with Crippen LogP contribution in [0.25, 0.3) is 28.0 Å². The van der Waals surface area contributed by atoms with Crippen molar-refractivity contribution in [2.24, 2.45) is 0 Å². The number of aryl methyl sites for hydroxylation is 1. The molecule has 0 bridgehead atoms. The minimum atomic E-state index is -0.649. The standard InChI is InChI=1S/C29H29ClFN5O2/c1-16-6-4-7-19(18-10-11-18)26(16)36-28-20(27(33-29(36)38)35-13-12-34(3)15-17(35)2)14-21(30)25(32-28)24-22(31)8-5-9-23(24)37/h4-9,14,17-18,37H,10-13,15H2,1-3H3. The number of aromatic nitrogens is 3. The summed E-state index contributed by atoms with van der Waals surface area (Å²) in [6, 6.07) is 11.9. The topological polar surface area (TPSA) is 74.5 Å². The number of nitrogens with zero attached hydrogens (tertiary/aromatic N) is 5. The second kappa shape index (κ2) is 9.36. The third-order valence-electron chi connectivity index (χ3n) is 7.64. The van der Waals surface area contributed by atoms with Crippen molar-refractivity contribution in [1.29, 1.82) is 0 Å². The van der Waals surface area contributed by atoms with Gasteiger partial charge in [0.2, 0.25) is 0 Å². The molecule has 0 amide bonds. The van der Waals surface area contributed by atoms with Gasteiger partial charge in [-0.2, -0.15) is 4.98 Å². The number of rotatable bonds is 4. The summed E-state index contributed by atoms with van der Waals surface area (Å²) < 4.78 is 16.5. The van der Waals surface area contributed by atoms with Gasteiger partial charge in [-0.25, -0.2) is 18.7 Å². The van der Waals surface area contributed by atoms with Crippen molar-refractivity contribution in [2.75, 3.05) is 31.6 Å². The molecule has 2 aliphatic rings. The zero-order chi connectivity index (χ0) is 26.7. The smallest absolute Gasteiger partial charge is 0.355 e. The maximum Gasteiger partial charge on any atom is 0.355 e. The Balaban J connectivity index is 1.70. The predicted molar refractivity (Wildman–Crippen MR) is 148 cm³/mol. The Morgan fingerprint density at radius 3 is 2.58 bits per heavy atom. The first kappa shape index (κ1) is 24.8. The maximum absolute atomic E-state index is 15.0.